The Morgan fingerprint density at radius 2 is 1.78 bits per heavy atom. The van der Waals surface area contributed by atoms with Gasteiger partial charge in [-0.25, -0.2) is 19.1 Å². The molecule has 0 bridgehead atoms. The van der Waals surface area contributed by atoms with E-state index in [1.165, 1.54) is 4.57 Å². The Hall–Kier alpha value is -4.86. The third-order valence-electron chi connectivity index (χ3n) is 7.62. The van der Waals surface area contributed by atoms with Gasteiger partial charge in [0.15, 0.2) is 11.5 Å². The van der Waals surface area contributed by atoms with E-state index >= 15 is 0 Å². The summed E-state index contributed by atoms with van der Waals surface area (Å²) in [7, 11) is 0. The number of carbonyl (C=O) groups is 3. The summed E-state index contributed by atoms with van der Waals surface area (Å²) in [4.78, 5) is 44.3. The number of hydrogen-bond donors (Lipinski definition) is 2. The molecule has 1 amide bonds. The van der Waals surface area contributed by atoms with Crippen LogP contribution in [0.25, 0.3) is 10.8 Å². The molecule has 0 fully saturated rings. The first-order chi connectivity index (χ1) is 21.5. The molecule has 10 nitrogen and oxygen atoms in total. The summed E-state index contributed by atoms with van der Waals surface area (Å²) in [6.07, 6.45) is 3.56. The van der Waals surface area contributed by atoms with Crippen molar-refractivity contribution in [3.8, 4) is 11.5 Å². The standard InChI is InChI=1S/C35H39N3O7/c1-5-6-14-31-36-25(20-38(31)34(42)45-35(2,3)4)19-27(24-15-16-29-30(18-24)44-21-43-29)32(39)37-28(33(40)41)17-23-12-9-11-22-10-7-8-13-26(22)23/h7-13,15-16,18,20,27-28H,5-6,14,17,19,21H2,1-4H3,(H,37,39)(H,40,41)/t27-,28-/m0/s1. The molecule has 0 radical (unpaired) electrons. The summed E-state index contributed by atoms with van der Waals surface area (Å²) in [5.74, 6) is -0.854. The lowest BCUT2D eigenvalue weighted by Gasteiger charge is -2.21. The lowest BCUT2D eigenvalue weighted by molar-refractivity contribution is -0.142. The first-order valence-corrected chi connectivity index (χ1v) is 15.2. The van der Waals surface area contributed by atoms with Crippen LogP contribution in [0.4, 0.5) is 4.79 Å². The minimum atomic E-state index is -1.18. The molecule has 2 heterocycles. The van der Waals surface area contributed by atoms with E-state index in [1.807, 2.05) is 42.5 Å². The number of aliphatic carboxylic acids is 1. The fraction of sp³-hybridized carbons (Fsp3) is 0.371. The maximum absolute atomic E-state index is 14.0. The van der Waals surface area contributed by atoms with Crippen LogP contribution in [-0.4, -0.2) is 51.1 Å². The zero-order chi connectivity index (χ0) is 32.1. The minimum Gasteiger partial charge on any atom is -0.480 e. The number of fused-ring (bicyclic) bond motifs is 2. The number of ether oxygens (including phenoxy) is 3. The van der Waals surface area contributed by atoms with Gasteiger partial charge in [0.25, 0.3) is 0 Å². The van der Waals surface area contributed by atoms with Crippen LogP contribution in [0, 0.1) is 0 Å². The number of carbonyl (C=O) groups excluding carboxylic acids is 2. The maximum Gasteiger partial charge on any atom is 0.419 e. The Balaban J connectivity index is 1.46. The van der Waals surface area contributed by atoms with Crippen LogP contribution in [-0.2, 0) is 33.6 Å². The number of rotatable bonds is 11. The van der Waals surface area contributed by atoms with Gasteiger partial charge in [-0.05, 0) is 61.2 Å². The van der Waals surface area contributed by atoms with Crippen LogP contribution < -0.4 is 14.8 Å². The van der Waals surface area contributed by atoms with Crippen molar-refractivity contribution in [1.29, 1.82) is 0 Å². The van der Waals surface area contributed by atoms with E-state index in [9.17, 15) is 19.5 Å². The summed E-state index contributed by atoms with van der Waals surface area (Å²) in [6.45, 7) is 7.52. The number of carboxylic acid groups (broad SMARTS) is 1. The molecule has 0 unspecified atom stereocenters. The van der Waals surface area contributed by atoms with Crippen LogP contribution in [0.15, 0.2) is 66.9 Å². The Kier molecular flexibility index (Phi) is 9.41. The highest BCUT2D eigenvalue weighted by atomic mass is 16.7. The van der Waals surface area contributed by atoms with Crippen molar-refractivity contribution in [2.45, 2.75) is 77.4 Å². The van der Waals surface area contributed by atoms with E-state index in [4.69, 9.17) is 19.2 Å². The van der Waals surface area contributed by atoms with Crippen LogP contribution in [0.5, 0.6) is 11.5 Å². The highest BCUT2D eigenvalue weighted by molar-refractivity contribution is 5.90. The predicted octanol–water partition coefficient (Wildman–Crippen LogP) is 6.03. The Labute approximate surface area is 262 Å². The van der Waals surface area contributed by atoms with Gasteiger partial charge >= 0.3 is 12.1 Å². The number of carboxylic acids is 1. The van der Waals surface area contributed by atoms with E-state index in [2.05, 4.69) is 12.2 Å². The van der Waals surface area contributed by atoms with Crippen LogP contribution in [0.1, 0.15) is 69.1 Å². The number of nitrogens with one attached hydrogen (secondary N) is 1. The zero-order valence-electron chi connectivity index (χ0n) is 26.0. The molecule has 2 atom stereocenters. The van der Waals surface area contributed by atoms with Crippen LogP contribution >= 0.6 is 0 Å². The number of imidazole rings is 1. The molecule has 10 heteroatoms. The average molecular weight is 614 g/mol. The summed E-state index contributed by atoms with van der Waals surface area (Å²) in [5.41, 5.74) is 1.23. The van der Waals surface area contributed by atoms with Crippen molar-refractivity contribution < 1.29 is 33.7 Å². The van der Waals surface area contributed by atoms with Crippen molar-refractivity contribution in [3.63, 3.8) is 0 Å². The molecule has 0 saturated heterocycles. The molecule has 1 aliphatic heterocycles. The quantitative estimate of drug-likeness (QED) is 0.210. The van der Waals surface area contributed by atoms with Gasteiger partial charge in [-0.3, -0.25) is 4.79 Å². The van der Waals surface area contributed by atoms with Gasteiger partial charge in [0.05, 0.1) is 11.6 Å². The fourth-order valence-corrected chi connectivity index (χ4v) is 5.41. The molecule has 236 valence electrons. The summed E-state index contributed by atoms with van der Waals surface area (Å²) >= 11 is 0. The number of aryl methyl sites for hydroxylation is 1. The normalized spacial score (nSPS) is 13.8. The summed E-state index contributed by atoms with van der Waals surface area (Å²) in [5, 5.41) is 14.9. The third kappa shape index (κ3) is 7.63. The predicted molar refractivity (Wildman–Crippen MR) is 169 cm³/mol. The van der Waals surface area contributed by atoms with Crippen LogP contribution in [0.3, 0.4) is 0 Å². The number of aromatic nitrogens is 2. The molecular weight excluding hydrogens is 574 g/mol. The molecule has 1 aromatic heterocycles. The molecule has 0 saturated carbocycles. The molecular formula is C35H39N3O7. The molecule has 5 rings (SSSR count). The van der Waals surface area contributed by atoms with E-state index < -0.39 is 35.5 Å². The average Bonchev–Trinajstić information content (AvgIpc) is 3.64. The highest BCUT2D eigenvalue weighted by Gasteiger charge is 2.30. The molecule has 45 heavy (non-hydrogen) atoms. The lowest BCUT2D eigenvalue weighted by Crippen LogP contribution is -2.44. The monoisotopic (exact) mass is 613 g/mol. The summed E-state index contributed by atoms with van der Waals surface area (Å²) in [6, 6.07) is 17.5. The Morgan fingerprint density at radius 3 is 2.53 bits per heavy atom. The molecule has 0 spiro atoms. The maximum atomic E-state index is 14.0. The number of nitrogens with zero attached hydrogens (tertiary/aromatic N) is 2. The first-order valence-electron chi connectivity index (χ1n) is 15.2. The van der Waals surface area contributed by atoms with Gasteiger partial charge in [-0.2, -0.15) is 0 Å². The molecule has 2 N–H and O–H groups in total. The second kappa shape index (κ2) is 13.4. The van der Waals surface area contributed by atoms with Gasteiger partial charge < -0.3 is 24.6 Å². The topological polar surface area (TPSA) is 129 Å². The second-order valence-electron chi connectivity index (χ2n) is 12.2. The highest BCUT2D eigenvalue weighted by Crippen LogP contribution is 2.36. The lowest BCUT2D eigenvalue weighted by atomic mass is 9.92. The largest absolute Gasteiger partial charge is 0.480 e. The van der Waals surface area contributed by atoms with E-state index in [0.29, 0.717) is 35.0 Å². The molecule has 1 aliphatic rings. The number of hydrogen-bond acceptors (Lipinski definition) is 7. The van der Waals surface area contributed by atoms with Crippen molar-refractivity contribution in [2.24, 2.45) is 0 Å². The number of amides is 1. The van der Waals surface area contributed by atoms with Crippen molar-refractivity contribution in [3.05, 3.63) is 89.5 Å². The fourth-order valence-electron chi connectivity index (χ4n) is 5.41. The zero-order valence-corrected chi connectivity index (χ0v) is 26.0. The van der Waals surface area contributed by atoms with Gasteiger partial charge in [0.2, 0.25) is 12.7 Å². The number of unbranched alkanes of at least 4 members (excludes halogenated alkanes) is 1. The van der Waals surface area contributed by atoms with E-state index in [-0.39, 0.29) is 19.6 Å². The van der Waals surface area contributed by atoms with Gasteiger partial charge in [0, 0.05) is 25.5 Å². The van der Waals surface area contributed by atoms with E-state index in [1.54, 1.807) is 45.2 Å². The van der Waals surface area contributed by atoms with Gasteiger partial charge in [-0.1, -0.05) is 61.9 Å². The Morgan fingerprint density at radius 1 is 1.02 bits per heavy atom. The smallest absolute Gasteiger partial charge is 0.419 e. The third-order valence-corrected chi connectivity index (χ3v) is 7.62. The van der Waals surface area contributed by atoms with Gasteiger partial charge in [0.1, 0.15) is 17.5 Å². The minimum absolute atomic E-state index is 0.0723. The number of benzene rings is 3. The Bertz CT molecular complexity index is 1700. The first kappa shape index (κ1) is 31.6. The molecule has 3 aromatic carbocycles. The second-order valence-corrected chi connectivity index (χ2v) is 12.2. The SMILES string of the molecule is CCCCc1nc(C[C@H](C(=O)N[C@@H](Cc2cccc3ccccc23)C(=O)O)c2ccc3c(c2)OCO3)cn1C(=O)OC(C)(C)C. The van der Waals surface area contributed by atoms with Crippen LogP contribution in [0.2, 0.25) is 0 Å². The van der Waals surface area contributed by atoms with Crippen molar-refractivity contribution >= 4 is 28.7 Å². The van der Waals surface area contributed by atoms with E-state index in [0.717, 1.165) is 29.2 Å². The molecule has 0 aliphatic carbocycles. The van der Waals surface area contributed by atoms with Gasteiger partial charge in [-0.15, -0.1) is 0 Å². The van der Waals surface area contributed by atoms with Crippen molar-refractivity contribution in [1.82, 2.24) is 14.9 Å². The van der Waals surface area contributed by atoms with Crippen molar-refractivity contribution in [2.75, 3.05) is 6.79 Å². The summed E-state index contributed by atoms with van der Waals surface area (Å²) < 4.78 is 18.1. The molecule has 4 aromatic rings.